The Morgan fingerprint density at radius 3 is 3.00 bits per heavy atom. The Morgan fingerprint density at radius 1 is 1.47 bits per heavy atom. The molecule has 0 unspecified atom stereocenters. The Bertz CT molecular complexity index is 565. The number of nitrogens with one attached hydrogen (secondary N) is 2. The first kappa shape index (κ1) is 13.0. The minimum absolute atomic E-state index is 0.248. The predicted molar refractivity (Wildman–Crippen MR) is 67.8 cm³/mol. The zero-order valence-electron chi connectivity index (χ0n) is 9.74. The molecule has 0 atom stereocenters. The van der Waals surface area contributed by atoms with Crippen LogP contribution in [0.25, 0.3) is 0 Å². The number of amides is 2. The lowest BCUT2D eigenvalue weighted by Crippen LogP contribution is -2.27. The maximum absolute atomic E-state index is 11.5. The van der Waals surface area contributed by atoms with Crippen LogP contribution in [0.3, 0.4) is 0 Å². The van der Waals surface area contributed by atoms with E-state index >= 15 is 0 Å². The van der Waals surface area contributed by atoms with Crippen molar-refractivity contribution in [3.63, 3.8) is 0 Å². The second kappa shape index (κ2) is 5.96. The predicted octanol–water partition coefficient (Wildman–Crippen LogP) is 0.746. The van der Waals surface area contributed by atoms with Gasteiger partial charge in [0.05, 0.1) is 18.4 Å². The normalized spacial score (nSPS) is 10.1. The third-order valence-corrected chi connectivity index (χ3v) is 2.85. The van der Waals surface area contributed by atoms with E-state index in [9.17, 15) is 9.59 Å². The van der Waals surface area contributed by atoms with Crippen LogP contribution in [0.5, 0.6) is 0 Å². The van der Waals surface area contributed by atoms with Crippen LogP contribution in [-0.2, 0) is 17.9 Å². The number of nitrogens with zero attached hydrogens (tertiary/aromatic N) is 3. The number of anilines is 1. The van der Waals surface area contributed by atoms with Gasteiger partial charge in [-0.3, -0.25) is 9.48 Å². The number of urea groups is 1. The quantitative estimate of drug-likeness (QED) is 0.749. The van der Waals surface area contributed by atoms with Gasteiger partial charge in [-0.25, -0.2) is 9.78 Å². The molecule has 0 saturated carbocycles. The van der Waals surface area contributed by atoms with Crippen LogP contribution in [0.4, 0.5) is 10.5 Å². The highest BCUT2D eigenvalue weighted by molar-refractivity contribution is 7.09. The van der Waals surface area contributed by atoms with Crippen molar-refractivity contribution in [3.05, 3.63) is 29.0 Å². The summed E-state index contributed by atoms with van der Waals surface area (Å²) < 4.78 is 1.22. The van der Waals surface area contributed by atoms with Gasteiger partial charge < -0.3 is 15.7 Å². The number of carbonyl (C=O) groups is 2. The minimum atomic E-state index is -0.997. The van der Waals surface area contributed by atoms with Crippen molar-refractivity contribution in [1.82, 2.24) is 20.1 Å². The number of thiazole rings is 1. The molecule has 100 valence electrons. The molecule has 0 saturated heterocycles. The molecule has 0 radical (unpaired) electrons. The van der Waals surface area contributed by atoms with Gasteiger partial charge in [-0.15, -0.1) is 11.3 Å². The number of hydrogen-bond acceptors (Lipinski definition) is 5. The first-order valence-corrected chi connectivity index (χ1v) is 6.19. The lowest BCUT2D eigenvalue weighted by molar-refractivity contribution is -0.137. The fourth-order valence-corrected chi connectivity index (χ4v) is 1.88. The van der Waals surface area contributed by atoms with Crippen molar-refractivity contribution in [3.8, 4) is 0 Å². The Hall–Kier alpha value is -2.42. The van der Waals surface area contributed by atoms with E-state index in [4.69, 9.17) is 5.11 Å². The molecule has 0 aromatic carbocycles. The number of rotatable bonds is 5. The summed E-state index contributed by atoms with van der Waals surface area (Å²) in [5.74, 6) is -0.997. The summed E-state index contributed by atoms with van der Waals surface area (Å²) in [4.78, 5) is 26.0. The fraction of sp³-hybridized carbons (Fsp3) is 0.200. The molecular formula is C10H11N5O3S. The monoisotopic (exact) mass is 281 g/mol. The number of carbonyl (C=O) groups excluding carboxylic acids is 1. The molecule has 2 heterocycles. The maximum Gasteiger partial charge on any atom is 0.325 e. The molecule has 3 N–H and O–H groups in total. The molecule has 2 amide bonds. The van der Waals surface area contributed by atoms with Crippen molar-refractivity contribution < 1.29 is 14.7 Å². The summed E-state index contributed by atoms with van der Waals surface area (Å²) in [5, 5.41) is 20.2. The van der Waals surface area contributed by atoms with E-state index in [2.05, 4.69) is 20.7 Å². The Morgan fingerprint density at radius 2 is 2.32 bits per heavy atom. The minimum Gasteiger partial charge on any atom is -0.480 e. The average molecular weight is 281 g/mol. The second-order valence-electron chi connectivity index (χ2n) is 3.55. The van der Waals surface area contributed by atoms with Crippen molar-refractivity contribution in [2.45, 2.75) is 13.1 Å². The number of aromatic nitrogens is 3. The van der Waals surface area contributed by atoms with Gasteiger partial charge in [0, 0.05) is 17.8 Å². The van der Waals surface area contributed by atoms with Crippen LogP contribution in [0.15, 0.2) is 24.0 Å². The van der Waals surface area contributed by atoms with E-state index in [0.29, 0.717) is 12.2 Å². The summed E-state index contributed by atoms with van der Waals surface area (Å²) in [5.41, 5.74) is 0.429. The van der Waals surface area contributed by atoms with Crippen LogP contribution >= 0.6 is 11.3 Å². The zero-order valence-corrected chi connectivity index (χ0v) is 10.6. The van der Waals surface area contributed by atoms with Gasteiger partial charge in [-0.05, 0) is 0 Å². The van der Waals surface area contributed by atoms with Crippen molar-refractivity contribution in [1.29, 1.82) is 0 Å². The fourth-order valence-electron chi connectivity index (χ4n) is 1.32. The molecule has 0 aliphatic heterocycles. The Labute approximate surface area is 112 Å². The van der Waals surface area contributed by atoms with Crippen molar-refractivity contribution in [2.24, 2.45) is 0 Å². The van der Waals surface area contributed by atoms with Crippen LogP contribution in [0.2, 0.25) is 0 Å². The second-order valence-corrected chi connectivity index (χ2v) is 4.53. The van der Waals surface area contributed by atoms with Crippen LogP contribution < -0.4 is 10.6 Å². The molecule has 0 bridgehead atoms. The summed E-state index contributed by atoms with van der Waals surface area (Å²) in [7, 11) is 0. The first-order chi connectivity index (χ1) is 9.13. The Kier molecular flexibility index (Phi) is 4.08. The molecule has 2 aromatic heterocycles. The molecule has 8 nitrogen and oxygen atoms in total. The van der Waals surface area contributed by atoms with Crippen LogP contribution in [0.1, 0.15) is 5.01 Å². The van der Waals surface area contributed by atoms with E-state index in [1.807, 2.05) is 5.38 Å². The van der Waals surface area contributed by atoms with Gasteiger partial charge in [0.2, 0.25) is 0 Å². The van der Waals surface area contributed by atoms with Crippen LogP contribution in [-0.4, -0.2) is 31.9 Å². The largest absolute Gasteiger partial charge is 0.480 e. The number of carboxylic acid groups (broad SMARTS) is 1. The standard InChI is InChI=1S/C10H11N5O3S/c16-9(17)6-15-5-7(3-13-15)14-10(18)12-4-8-11-1-2-19-8/h1-3,5H,4,6H2,(H,16,17)(H2,12,14,18). The number of aliphatic carboxylic acids is 1. The zero-order chi connectivity index (χ0) is 13.7. The number of carboxylic acids is 1. The third-order valence-electron chi connectivity index (χ3n) is 2.07. The average Bonchev–Trinajstić information content (AvgIpc) is 2.97. The summed E-state index contributed by atoms with van der Waals surface area (Å²) in [6, 6.07) is -0.398. The summed E-state index contributed by atoms with van der Waals surface area (Å²) >= 11 is 1.45. The summed E-state index contributed by atoms with van der Waals surface area (Å²) in [6.07, 6.45) is 4.48. The molecular weight excluding hydrogens is 270 g/mol. The maximum atomic E-state index is 11.5. The highest BCUT2D eigenvalue weighted by Crippen LogP contribution is 2.05. The molecule has 19 heavy (non-hydrogen) atoms. The lowest BCUT2D eigenvalue weighted by Gasteiger charge is -2.03. The highest BCUT2D eigenvalue weighted by Gasteiger charge is 2.06. The van der Waals surface area contributed by atoms with Crippen molar-refractivity contribution in [2.75, 3.05) is 5.32 Å². The molecule has 0 fully saturated rings. The highest BCUT2D eigenvalue weighted by atomic mass is 32.1. The molecule has 2 rings (SSSR count). The van der Waals surface area contributed by atoms with Gasteiger partial charge in [-0.1, -0.05) is 0 Å². The molecule has 0 aliphatic rings. The van der Waals surface area contributed by atoms with E-state index in [0.717, 1.165) is 5.01 Å². The topological polar surface area (TPSA) is 109 Å². The third kappa shape index (κ3) is 4.07. The van der Waals surface area contributed by atoms with E-state index in [1.165, 1.54) is 28.4 Å². The lowest BCUT2D eigenvalue weighted by atomic mass is 10.5. The first-order valence-electron chi connectivity index (χ1n) is 5.31. The molecule has 9 heteroatoms. The van der Waals surface area contributed by atoms with Gasteiger partial charge in [0.15, 0.2) is 0 Å². The summed E-state index contributed by atoms with van der Waals surface area (Å²) in [6.45, 7) is 0.0924. The molecule has 0 aliphatic carbocycles. The SMILES string of the molecule is O=C(O)Cn1cc(NC(=O)NCc2nccs2)cn1. The van der Waals surface area contributed by atoms with Crippen LogP contribution in [0, 0.1) is 0 Å². The Balaban J connectivity index is 1.81. The van der Waals surface area contributed by atoms with Gasteiger partial charge >= 0.3 is 12.0 Å². The van der Waals surface area contributed by atoms with E-state index in [-0.39, 0.29) is 6.54 Å². The number of hydrogen-bond donors (Lipinski definition) is 3. The van der Waals surface area contributed by atoms with Gasteiger partial charge in [0.25, 0.3) is 0 Å². The smallest absolute Gasteiger partial charge is 0.325 e. The molecule has 2 aromatic rings. The van der Waals surface area contributed by atoms with E-state index in [1.54, 1.807) is 6.20 Å². The van der Waals surface area contributed by atoms with Gasteiger partial charge in [-0.2, -0.15) is 5.10 Å². The van der Waals surface area contributed by atoms with Crippen molar-refractivity contribution >= 4 is 29.0 Å². The van der Waals surface area contributed by atoms with Gasteiger partial charge in [0.1, 0.15) is 11.6 Å². The van der Waals surface area contributed by atoms with E-state index < -0.39 is 12.0 Å². The molecule has 0 spiro atoms.